The van der Waals surface area contributed by atoms with Crippen LogP contribution >= 0.6 is 11.6 Å². The Morgan fingerprint density at radius 2 is 1.96 bits per heavy atom. The fourth-order valence-corrected chi connectivity index (χ4v) is 3.08. The highest BCUT2D eigenvalue weighted by atomic mass is 35.5. The number of carbonyl (C=O) groups excluding carboxylic acids is 1. The highest BCUT2D eigenvalue weighted by Crippen LogP contribution is 2.24. The molecule has 0 spiro atoms. The second kappa shape index (κ2) is 7.65. The molecule has 4 heteroatoms. The van der Waals surface area contributed by atoms with E-state index in [0.29, 0.717) is 11.6 Å². The zero-order valence-electron chi connectivity index (χ0n) is 13.8. The molecular weight excluding hydrogens is 320 g/mol. The van der Waals surface area contributed by atoms with Crippen molar-refractivity contribution in [3.8, 4) is 0 Å². The number of anilines is 1. The molecule has 0 aromatic heterocycles. The van der Waals surface area contributed by atoms with Crippen LogP contribution in [0.3, 0.4) is 0 Å². The lowest BCUT2D eigenvalue weighted by molar-refractivity contribution is -0.117. The van der Waals surface area contributed by atoms with Gasteiger partial charge < -0.3 is 5.32 Å². The van der Waals surface area contributed by atoms with Crippen LogP contribution in [0.15, 0.2) is 54.6 Å². The second-order valence-electron chi connectivity index (χ2n) is 6.04. The molecule has 0 saturated heterocycles. The van der Waals surface area contributed by atoms with Crippen LogP contribution in [0.1, 0.15) is 17.5 Å². The average molecular weight is 341 g/mol. The van der Waals surface area contributed by atoms with Crippen LogP contribution in [0.5, 0.6) is 0 Å². The molecule has 124 valence electrons. The number of amides is 1. The largest absolute Gasteiger partial charge is 0.325 e. The van der Waals surface area contributed by atoms with Gasteiger partial charge in [-0.3, -0.25) is 9.69 Å². The number of nitrogens with zero attached hydrogens (tertiary/aromatic N) is 1. The first-order valence-corrected chi connectivity index (χ1v) is 8.53. The monoisotopic (exact) mass is 340 g/mol. The van der Waals surface area contributed by atoms with Crippen LogP contribution in [0.25, 0.3) is 5.57 Å². The summed E-state index contributed by atoms with van der Waals surface area (Å²) in [6.45, 7) is 3.99. The summed E-state index contributed by atoms with van der Waals surface area (Å²) in [5.41, 5.74) is 4.32. The maximum Gasteiger partial charge on any atom is 0.238 e. The Hall–Kier alpha value is -2.10. The molecule has 2 aromatic carbocycles. The van der Waals surface area contributed by atoms with E-state index in [4.69, 9.17) is 11.6 Å². The second-order valence-corrected chi connectivity index (χ2v) is 6.45. The van der Waals surface area contributed by atoms with Crippen LogP contribution in [0, 0.1) is 6.92 Å². The summed E-state index contributed by atoms with van der Waals surface area (Å²) in [6, 6.07) is 16.0. The first-order valence-electron chi connectivity index (χ1n) is 8.15. The molecular formula is C20H21ClN2O. The van der Waals surface area contributed by atoms with Gasteiger partial charge in [0.25, 0.3) is 0 Å². The molecule has 0 atom stereocenters. The highest BCUT2D eigenvalue weighted by molar-refractivity contribution is 6.31. The molecule has 0 bridgehead atoms. The lowest BCUT2D eigenvalue weighted by Gasteiger charge is -2.26. The van der Waals surface area contributed by atoms with Crippen LogP contribution in [0.4, 0.5) is 5.69 Å². The van der Waals surface area contributed by atoms with Gasteiger partial charge in [0.05, 0.1) is 6.54 Å². The van der Waals surface area contributed by atoms with Crippen LogP contribution in [-0.2, 0) is 4.79 Å². The SMILES string of the molecule is Cc1c(Cl)cccc1NC(=O)CN1CC=C(c2ccccc2)CC1. The Bertz CT molecular complexity index is 755. The van der Waals surface area contributed by atoms with Gasteiger partial charge in [-0.25, -0.2) is 0 Å². The number of hydrogen-bond acceptors (Lipinski definition) is 2. The van der Waals surface area contributed by atoms with Gasteiger partial charge in [0.2, 0.25) is 5.91 Å². The van der Waals surface area contributed by atoms with Crippen molar-refractivity contribution < 1.29 is 4.79 Å². The van der Waals surface area contributed by atoms with E-state index in [9.17, 15) is 4.79 Å². The van der Waals surface area contributed by atoms with E-state index >= 15 is 0 Å². The Kier molecular flexibility index (Phi) is 5.34. The summed E-state index contributed by atoms with van der Waals surface area (Å²) >= 11 is 6.09. The zero-order valence-corrected chi connectivity index (χ0v) is 14.5. The molecule has 0 unspecified atom stereocenters. The minimum atomic E-state index is -0.00284. The highest BCUT2D eigenvalue weighted by Gasteiger charge is 2.16. The van der Waals surface area contributed by atoms with Gasteiger partial charge in [-0.05, 0) is 42.2 Å². The van der Waals surface area contributed by atoms with Gasteiger partial charge in [0, 0.05) is 23.8 Å². The Balaban J connectivity index is 1.57. The van der Waals surface area contributed by atoms with Gasteiger partial charge >= 0.3 is 0 Å². The molecule has 1 heterocycles. The third kappa shape index (κ3) is 4.05. The maximum atomic E-state index is 12.3. The first kappa shape index (κ1) is 16.7. The van der Waals surface area contributed by atoms with Crippen molar-refractivity contribution in [2.45, 2.75) is 13.3 Å². The van der Waals surface area contributed by atoms with Crippen molar-refractivity contribution >= 4 is 28.8 Å². The fraction of sp³-hybridized carbons (Fsp3) is 0.250. The molecule has 0 fully saturated rings. The van der Waals surface area contributed by atoms with E-state index in [1.165, 1.54) is 11.1 Å². The molecule has 1 amide bonds. The van der Waals surface area contributed by atoms with E-state index in [0.717, 1.165) is 30.8 Å². The maximum absolute atomic E-state index is 12.3. The fourth-order valence-electron chi connectivity index (χ4n) is 2.90. The standard InChI is InChI=1S/C20H21ClN2O/c1-15-18(21)8-5-9-19(15)22-20(24)14-23-12-10-17(11-13-23)16-6-3-2-4-7-16/h2-10H,11-14H2,1H3,(H,22,24). The predicted octanol–water partition coefficient (Wildman–Crippen LogP) is 4.38. The topological polar surface area (TPSA) is 32.3 Å². The molecule has 0 radical (unpaired) electrons. The van der Waals surface area contributed by atoms with Crippen molar-refractivity contribution in [1.82, 2.24) is 4.90 Å². The molecule has 0 aliphatic carbocycles. The third-order valence-electron chi connectivity index (χ3n) is 4.35. The van der Waals surface area contributed by atoms with E-state index in [2.05, 4.69) is 40.6 Å². The minimum Gasteiger partial charge on any atom is -0.325 e. The summed E-state index contributed by atoms with van der Waals surface area (Å²) in [5, 5.41) is 3.62. The van der Waals surface area contributed by atoms with Gasteiger partial charge in [0.15, 0.2) is 0 Å². The van der Waals surface area contributed by atoms with Gasteiger partial charge in [-0.2, -0.15) is 0 Å². The van der Waals surface area contributed by atoms with E-state index < -0.39 is 0 Å². The molecule has 1 N–H and O–H groups in total. The van der Waals surface area contributed by atoms with Crippen molar-refractivity contribution in [2.75, 3.05) is 25.0 Å². The van der Waals surface area contributed by atoms with Crippen molar-refractivity contribution in [3.63, 3.8) is 0 Å². The summed E-state index contributed by atoms with van der Waals surface area (Å²) in [6.07, 6.45) is 3.18. The van der Waals surface area contributed by atoms with Crippen LogP contribution in [-0.4, -0.2) is 30.4 Å². The summed E-state index contributed by atoms with van der Waals surface area (Å²) < 4.78 is 0. The number of hydrogen-bond donors (Lipinski definition) is 1. The quantitative estimate of drug-likeness (QED) is 0.896. The number of carbonyl (C=O) groups is 1. The molecule has 24 heavy (non-hydrogen) atoms. The summed E-state index contributed by atoms with van der Waals surface area (Å²) in [4.78, 5) is 14.4. The Morgan fingerprint density at radius 1 is 1.17 bits per heavy atom. The molecule has 1 aliphatic rings. The van der Waals surface area contributed by atoms with E-state index in [1.807, 2.05) is 31.2 Å². The summed E-state index contributed by atoms with van der Waals surface area (Å²) in [5.74, 6) is -0.00284. The zero-order chi connectivity index (χ0) is 16.9. The molecule has 3 rings (SSSR count). The minimum absolute atomic E-state index is 0.00284. The smallest absolute Gasteiger partial charge is 0.238 e. The van der Waals surface area contributed by atoms with Crippen LogP contribution in [0.2, 0.25) is 5.02 Å². The molecule has 1 aliphatic heterocycles. The van der Waals surface area contributed by atoms with E-state index in [-0.39, 0.29) is 5.91 Å². The van der Waals surface area contributed by atoms with Gasteiger partial charge in [0.1, 0.15) is 0 Å². The average Bonchev–Trinajstić information content (AvgIpc) is 2.60. The molecule has 2 aromatic rings. The lowest BCUT2D eigenvalue weighted by Crippen LogP contribution is -2.36. The third-order valence-corrected chi connectivity index (χ3v) is 4.76. The van der Waals surface area contributed by atoms with Crippen molar-refractivity contribution in [2.24, 2.45) is 0 Å². The van der Waals surface area contributed by atoms with Crippen LogP contribution < -0.4 is 5.32 Å². The van der Waals surface area contributed by atoms with Crippen molar-refractivity contribution in [1.29, 1.82) is 0 Å². The predicted molar refractivity (Wildman–Crippen MR) is 100 cm³/mol. The van der Waals surface area contributed by atoms with Crippen molar-refractivity contribution in [3.05, 3.63) is 70.8 Å². The Labute approximate surface area is 147 Å². The van der Waals surface area contributed by atoms with E-state index in [1.54, 1.807) is 0 Å². The number of halogens is 1. The lowest BCUT2D eigenvalue weighted by atomic mass is 10.00. The van der Waals surface area contributed by atoms with Gasteiger partial charge in [-0.1, -0.05) is 54.1 Å². The number of nitrogens with one attached hydrogen (secondary N) is 1. The molecule has 3 nitrogen and oxygen atoms in total. The molecule has 0 saturated carbocycles. The number of benzene rings is 2. The number of rotatable bonds is 4. The normalized spacial score (nSPS) is 15.0. The first-order chi connectivity index (χ1) is 11.6. The summed E-state index contributed by atoms with van der Waals surface area (Å²) in [7, 11) is 0. The Morgan fingerprint density at radius 3 is 2.67 bits per heavy atom. The van der Waals surface area contributed by atoms with Gasteiger partial charge in [-0.15, -0.1) is 0 Å².